The van der Waals surface area contributed by atoms with Crippen LogP contribution in [0.3, 0.4) is 0 Å². The van der Waals surface area contributed by atoms with Gasteiger partial charge < -0.3 is 124 Å². The quantitative estimate of drug-likeness (QED) is 0.0259. The molecule has 32 unspecified atom stereocenters. The molecule has 32 atom stereocenters. The molecule has 0 spiro atoms. The maximum atomic E-state index is 13.9. The van der Waals surface area contributed by atoms with Crippen molar-refractivity contribution in [2.24, 2.45) is 56.2 Å². The monoisotopic (exact) mass is 1390 g/mol. The second-order valence-electron chi connectivity index (χ2n) is 30.7. The molecule has 29 heteroatoms. The van der Waals surface area contributed by atoms with Gasteiger partial charge in [0.15, 0.2) is 43.5 Å². The van der Waals surface area contributed by atoms with Crippen molar-refractivity contribution in [3.63, 3.8) is 0 Å². The SMILES string of the molecule is CC=C(C)C(=O)OC(C)C(C)C(=O)OC1C(OC(=O)C(C)=CC)COC(OC2C(O)C3(CO)C(O)CC4(C)C(=CCC5C6(C)CCC(OC7OC(C(=O)O)C(O)C(OC8OC(CO)C(O)C(O)C8O)C7OC7OC(CO)C(O)C(O)C7O)C(C)(C)C6CCC54C)C3CC2(C)C)C1O. The van der Waals surface area contributed by atoms with Crippen molar-refractivity contribution in [2.75, 3.05) is 26.4 Å². The van der Waals surface area contributed by atoms with Crippen LogP contribution in [0.2, 0.25) is 0 Å². The number of aliphatic carboxylic acids is 1. The van der Waals surface area contributed by atoms with E-state index in [-0.39, 0.29) is 30.3 Å². The molecule has 0 aromatic carbocycles. The van der Waals surface area contributed by atoms with Crippen molar-refractivity contribution < 1.29 is 143 Å². The molecule has 9 rings (SSSR count). The normalized spacial score (nSPS) is 47.3. The third-order valence-corrected chi connectivity index (χ3v) is 24.7. The van der Waals surface area contributed by atoms with Gasteiger partial charge in [-0.3, -0.25) is 4.79 Å². The van der Waals surface area contributed by atoms with Gasteiger partial charge in [0.1, 0.15) is 79.4 Å². The Balaban J connectivity index is 0.973. The number of fused-ring (bicyclic) bond motifs is 7. The van der Waals surface area contributed by atoms with Crippen LogP contribution in [0, 0.1) is 56.2 Å². The summed E-state index contributed by atoms with van der Waals surface area (Å²) in [6.45, 7) is 20.9. The topological polar surface area (TPSA) is 453 Å². The number of aliphatic hydroxyl groups excluding tert-OH is 13. The van der Waals surface area contributed by atoms with Crippen LogP contribution in [0.25, 0.3) is 0 Å². The zero-order chi connectivity index (χ0) is 71.9. The summed E-state index contributed by atoms with van der Waals surface area (Å²) in [5, 5.41) is 158. The van der Waals surface area contributed by atoms with Gasteiger partial charge in [-0.15, -0.1) is 0 Å². The molecule has 4 saturated heterocycles. The van der Waals surface area contributed by atoms with Crippen molar-refractivity contribution in [3.8, 4) is 0 Å². The molecule has 0 aromatic rings. The highest BCUT2D eigenvalue weighted by Crippen LogP contribution is 2.76. The molecule has 8 fully saturated rings. The van der Waals surface area contributed by atoms with E-state index < -0.39 is 242 Å². The summed E-state index contributed by atoms with van der Waals surface area (Å²) in [7, 11) is 0. The number of hydrogen-bond acceptors (Lipinski definition) is 28. The van der Waals surface area contributed by atoms with Crippen LogP contribution >= 0.6 is 0 Å². The van der Waals surface area contributed by atoms with Gasteiger partial charge in [0.2, 0.25) is 0 Å². The van der Waals surface area contributed by atoms with Crippen molar-refractivity contribution >= 4 is 23.9 Å². The first-order valence-electron chi connectivity index (χ1n) is 34.0. The van der Waals surface area contributed by atoms with Crippen molar-refractivity contribution in [1.29, 1.82) is 0 Å². The maximum Gasteiger partial charge on any atom is 0.335 e. The predicted octanol–water partition coefficient (Wildman–Crippen LogP) is -0.316. The van der Waals surface area contributed by atoms with E-state index in [4.69, 9.17) is 52.1 Å². The number of ether oxygens (including phenoxy) is 11. The summed E-state index contributed by atoms with van der Waals surface area (Å²) in [4.78, 5) is 52.7. The number of esters is 3. The third-order valence-electron chi connectivity index (χ3n) is 24.7. The van der Waals surface area contributed by atoms with E-state index in [2.05, 4.69) is 26.8 Å². The predicted molar refractivity (Wildman–Crippen MR) is 333 cm³/mol. The lowest BCUT2D eigenvalue weighted by atomic mass is 9.33. The van der Waals surface area contributed by atoms with Gasteiger partial charge in [0.25, 0.3) is 0 Å². The Morgan fingerprint density at radius 2 is 1.21 bits per heavy atom. The van der Waals surface area contributed by atoms with Crippen LogP contribution in [0.5, 0.6) is 0 Å². The van der Waals surface area contributed by atoms with E-state index in [1.54, 1.807) is 26.8 Å². The molecular formula is C68H106O29. The Hall–Kier alpha value is -3.74. The summed E-state index contributed by atoms with van der Waals surface area (Å²) in [5.74, 6) is -5.89. The van der Waals surface area contributed by atoms with Crippen molar-refractivity contribution in [3.05, 3.63) is 34.9 Å². The lowest BCUT2D eigenvalue weighted by molar-refractivity contribution is -0.396. The Labute approximate surface area is 564 Å². The molecule has 0 aromatic heterocycles. The smallest absolute Gasteiger partial charge is 0.335 e. The molecule has 9 aliphatic rings. The van der Waals surface area contributed by atoms with Gasteiger partial charge in [-0.25, -0.2) is 14.4 Å². The second kappa shape index (κ2) is 29.2. The van der Waals surface area contributed by atoms with E-state index in [1.165, 1.54) is 26.8 Å². The minimum atomic E-state index is -2.21. The van der Waals surface area contributed by atoms with Gasteiger partial charge in [-0.2, -0.15) is 0 Å². The Morgan fingerprint density at radius 1 is 0.629 bits per heavy atom. The van der Waals surface area contributed by atoms with Gasteiger partial charge in [0.05, 0.1) is 62.2 Å². The highest BCUT2D eigenvalue weighted by atomic mass is 16.8. The van der Waals surface area contributed by atoms with E-state index in [1.807, 2.05) is 27.7 Å². The van der Waals surface area contributed by atoms with Crippen LogP contribution in [0.1, 0.15) is 135 Å². The lowest BCUT2D eigenvalue weighted by Gasteiger charge is -2.72. The highest BCUT2D eigenvalue weighted by molar-refractivity contribution is 5.88. The van der Waals surface area contributed by atoms with E-state index in [9.17, 15) is 90.7 Å². The minimum Gasteiger partial charge on any atom is -0.479 e. The van der Waals surface area contributed by atoms with Crippen LogP contribution < -0.4 is 0 Å². The number of carboxylic acid groups (broad SMARTS) is 1. The number of allylic oxidation sites excluding steroid dienone is 4. The third kappa shape index (κ3) is 13.5. The largest absolute Gasteiger partial charge is 0.479 e. The summed E-state index contributed by atoms with van der Waals surface area (Å²) < 4.78 is 66.6. The number of carboxylic acids is 1. The van der Waals surface area contributed by atoms with E-state index in [0.29, 0.717) is 37.7 Å². The molecule has 4 saturated carbocycles. The first-order chi connectivity index (χ1) is 45.3. The average Bonchev–Trinajstić information content (AvgIpc) is 0.671. The van der Waals surface area contributed by atoms with Gasteiger partial charge >= 0.3 is 23.9 Å². The number of rotatable bonds is 19. The minimum absolute atomic E-state index is 0.0594. The van der Waals surface area contributed by atoms with Gasteiger partial charge in [-0.05, 0) is 131 Å². The summed E-state index contributed by atoms with van der Waals surface area (Å²) in [6.07, 6.45) is -32.8. The Bertz CT molecular complexity index is 2920. The molecule has 0 radical (unpaired) electrons. The first kappa shape index (κ1) is 77.4. The first-order valence-corrected chi connectivity index (χ1v) is 34.0. The number of carbonyl (C=O) groups is 4. The van der Waals surface area contributed by atoms with E-state index >= 15 is 0 Å². The molecule has 14 N–H and O–H groups in total. The summed E-state index contributed by atoms with van der Waals surface area (Å²) in [6, 6.07) is 0. The average molecular weight is 1390 g/mol. The van der Waals surface area contributed by atoms with Crippen molar-refractivity contribution in [2.45, 2.75) is 282 Å². The second-order valence-corrected chi connectivity index (χ2v) is 30.7. The van der Waals surface area contributed by atoms with Gasteiger partial charge in [-0.1, -0.05) is 72.3 Å². The zero-order valence-electron chi connectivity index (χ0n) is 57.6. The molecule has 5 aliphatic carbocycles. The number of aliphatic hydroxyl groups is 13. The summed E-state index contributed by atoms with van der Waals surface area (Å²) >= 11 is 0. The molecule has 4 heterocycles. The summed E-state index contributed by atoms with van der Waals surface area (Å²) in [5.41, 5.74) is -3.64. The molecule has 4 aliphatic heterocycles. The van der Waals surface area contributed by atoms with Crippen LogP contribution in [-0.2, 0) is 71.3 Å². The lowest BCUT2D eigenvalue weighted by Crippen LogP contribution is -2.72. The fourth-order valence-electron chi connectivity index (χ4n) is 18.2. The fourth-order valence-corrected chi connectivity index (χ4v) is 18.2. The highest BCUT2D eigenvalue weighted by Gasteiger charge is 2.73. The molecule has 97 heavy (non-hydrogen) atoms. The molecular weight excluding hydrogens is 1280 g/mol. The standard InChI is InChI=1S/C68H106O29/c1-14-28(3)56(84)88-31(6)30(5)58(86)93-49-36(89-57(85)29(4)15-2)26-87-59(48(49)80)97-54-53(81)68(27-71)33(22-63(54,7)8)32-16-17-38-65(11)20-19-40(64(9,10)37(65)18-21-66(38,12)67(32,13)23-39(68)72)92-62-52(96-61-46(78)44(76)42(74)35(25-70)91-61)50(47(79)51(95-62)55(82)83)94-60-45(77)43(75)41(73)34(24-69)90-60/h14-16,30-31,33-54,59-62,69-81H,17-27H2,1-13H3,(H,82,83). The van der Waals surface area contributed by atoms with Crippen LogP contribution in [0.4, 0.5) is 0 Å². The van der Waals surface area contributed by atoms with Crippen molar-refractivity contribution in [1.82, 2.24) is 0 Å². The van der Waals surface area contributed by atoms with E-state index in [0.717, 1.165) is 5.57 Å². The Morgan fingerprint density at radius 3 is 1.76 bits per heavy atom. The molecule has 29 nitrogen and oxygen atoms in total. The maximum absolute atomic E-state index is 13.9. The fraction of sp³-hybridized carbons (Fsp3) is 0.853. The zero-order valence-corrected chi connectivity index (χ0v) is 57.6. The van der Waals surface area contributed by atoms with Gasteiger partial charge in [0, 0.05) is 11.1 Å². The molecule has 552 valence electrons. The number of carbonyl (C=O) groups excluding carboxylic acids is 3. The number of hydrogen-bond donors (Lipinski definition) is 14. The Kier molecular flexibility index (Phi) is 23.3. The van der Waals surface area contributed by atoms with Crippen LogP contribution in [0.15, 0.2) is 34.9 Å². The molecule has 0 amide bonds. The van der Waals surface area contributed by atoms with Crippen LogP contribution in [-0.4, -0.2) is 269 Å². The molecule has 0 bridgehead atoms.